The second kappa shape index (κ2) is 6.22. The molecule has 0 bridgehead atoms. The molecule has 1 N–H and O–H groups in total. The predicted octanol–water partition coefficient (Wildman–Crippen LogP) is 3.97. The number of carbonyl (C=O) groups is 1. The van der Waals surface area contributed by atoms with E-state index in [0.29, 0.717) is 10.8 Å². The number of fused-ring (bicyclic) bond motifs is 1. The van der Waals surface area contributed by atoms with Gasteiger partial charge in [-0.2, -0.15) is 0 Å². The van der Waals surface area contributed by atoms with E-state index in [0.717, 1.165) is 27.2 Å². The topological polar surface area (TPSA) is 59.8 Å². The molecule has 0 spiro atoms. The van der Waals surface area contributed by atoms with Crippen molar-refractivity contribution in [1.29, 1.82) is 0 Å². The van der Waals surface area contributed by atoms with Crippen LogP contribution >= 0.6 is 23.4 Å². The van der Waals surface area contributed by atoms with Gasteiger partial charge in [-0.3, -0.25) is 4.79 Å². The lowest BCUT2D eigenvalue weighted by Crippen LogP contribution is -2.07. The predicted molar refractivity (Wildman–Crippen MR) is 95.0 cm³/mol. The number of aromatic nitrogens is 3. The van der Waals surface area contributed by atoms with Gasteiger partial charge in [-0.1, -0.05) is 11.6 Å². The van der Waals surface area contributed by atoms with Gasteiger partial charge in [0.25, 0.3) is 0 Å². The molecule has 3 aromatic heterocycles. The zero-order valence-electron chi connectivity index (χ0n) is 12.9. The summed E-state index contributed by atoms with van der Waals surface area (Å²) in [4.78, 5) is 20.1. The van der Waals surface area contributed by atoms with Gasteiger partial charge in [0.1, 0.15) is 5.82 Å². The van der Waals surface area contributed by atoms with Gasteiger partial charge >= 0.3 is 0 Å². The number of nitrogens with zero attached hydrogens (tertiary/aromatic N) is 3. The molecule has 1 amide bonds. The van der Waals surface area contributed by atoms with Gasteiger partial charge in [0.15, 0.2) is 0 Å². The number of thioether (sulfide) groups is 1. The fourth-order valence-corrected chi connectivity index (χ4v) is 3.15. The highest BCUT2D eigenvalue weighted by Crippen LogP contribution is 2.32. The minimum absolute atomic E-state index is 0.153. The lowest BCUT2D eigenvalue weighted by atomic mass is 10.1. The van der Waals surface area contributed by atoms with Gasteiger partial charge in [0, 0.05) is 36.1 Å². The van der Waals surface area contributed by atoms with E-state index in [1.54, 1.807) is 18.0 Å². The molecule has 0 aliphatic carbocycles. The van der Waals surface area contributed by atoms with E-state index in [9.17, 15) is 4.79 Å². The van der Waals surface area contributed by atoms with Crippen LogP contribution in [-0.4, -0.2) is 26.7 Å². The van der Waals surface area contributed by atoms with Gasteiger partial charge in [0.2, 0.25) is 5.91 Å². The maximum atomic E-state index is 11.2. The Morgan fingerprint density at radius 3 is 2.83 bits per heavy atom. The van der Waals surface area contributed by atoms with Crippen LogP contribution in [0.2, 0.25) is 5.02 Å². The molecule has 23 heavy (non-hydrogen) atoms. The average Bonchev–Trinajstić information content (AvgIpc) is 2.82. The zero-order chi connectivity index (χ0) is 16.6. The highest BCUT2D eigenvalue weighted by Gasteiger charge is 2.13. The first-order valence-electron chi connectivity index (χ1n) is 6.92. The molecule has 0 aliphatic rings. The van der Waals surface area contributed by atoms with Crippen LogP contribution in [0.4, 0.5) is 5.82 Å². The number of anilines is 1. The van der Waals surface area contributed by atoms with Crippen LogP contribution < -0.4 is 5.32 Å². The largest absolute Gasteiger partial charge is 0.349 e. The normalized spacial score (nSPS) is 11.0. The van der Waals surface area contributed by atoms with E-state index in [1.165, 1.54) is 6.92 Å². The molecule has 3 heterocycles. The summed E-state index contributed by atoms with van der Waals surface area (Å²) in [5.74, 6) is 0.365. The van der Waals surface area contributed by atoms with Crippen LogP contribution in [0.15, 0.2) is 35.6 Å². The van der Waals surface area contributed by atoms with Crippen LogP contribution in [-0.2, 0) is 11.8 Å². The molecule has 0 aromatic carbocycles. The fraction of sp³-hybridized carbons (Fsp3) is 0.188. The average molecular weight is 347 g/mol. The SMILES string of the molecule is CSc1cc(Cl)cc(-c2cn(C)c3cnc(NC(C)=O)cc23)n1. The third-order valence-corrected chi connectivity index (χ3v) is 4.28. The standard InChI is InChI=1S/C16H15ClN4OS/c1-9(22)19-15-6-11-12(8-21(2)14(11)7-18-15)13-4-10(17)5-16(20-13)23-3/h4-8H,1-3H3,(H,18,19,22). The quantitative estimate of drug-likeness (QED) is 0.729. The lowest BCUT2D eigenvalue weighted by Gasteiger charge is -2.05. The van der Waals surface area contributed by atoms with Gasteiger partial charge in [-0.15, -0.1) is 11.8 Å². The second-order valence-electron chi connectivity index (χ2n) is 5.13. The number of pyridine rings is 2. The van der Waals surface area contributed by atoms with Crippen molar-refractivity contribution in [2.75, 3.05) is 11.6 Å². The van der Waals surface area contributed by atoms with Gasteiger partial charge in [-0.05, 0) is 24.5 Å². The van der Waals surface area contributed by atoms with E-state index in [2.05, 4.69) is 15.3 Å². The second-order valence-corrected chi connectivity index (χ2v) is 6.40. The Balaban J connectivity index is 2.20. The van der Waals surface area contributed by atoms with Crippen molar-refractivity contribution >= 4 is 46.0 Å². The summed E-state index contributed by atoms with van der Waals surface area (Å²) in [6.45, 7) is 1.46. The van der Waals surface area contributed by atoms with E-state index in [1.807, 2.05) is 42.3 Å². The van der Waals surface area contributed by atoms with Crippen molar-refractivity contribution in [3.8, 4) is 11.3 Å². The summed E-state index contributed by atoms with van der Waals surface area (Å²) < 4.78 is 1.98. The molecule has 3 aromatic rings. The van der Waals surface area contributed by atoms with Gasteiger partial charge < -0.3 is 9.88 Å². The van der Waals surface area contributed by atoms with Crippen molar-refractivity contribution in [2.24, 2.45) is 7.05 Å². The van der Waals surface area contributed by atoms with Crippen LogP contribution in [0, 0.1) is 0 Å². The molecule has 0 unspecified atom stereocenters. The number of carbonyl (C=O) groups excluding carboxylic acids is 1. The molecule has 118 valence electrons. The summed E-state index contributed by atoms with van der Waals surface area (Å²) in [5.41, 5.74) is 2.71. The molecule has 7 heteroatoms. The maximum Gasteiger partial charge on any atom is 0.222 e. The number of hydrogen-bond donors (Lipinski definition) is 1. The van der Waals surface area contributed by atoms with Crippen molar-refractivity contribution in [3.63, 3.8) is 0 Å². The minimum Gasteiger partial charge on any atom is -0.349 e. The number of hydrogen-bond acceptors (Lipinski definition) is 4. The number of halogens is 1. The monoisotopic (exact) mass is 346 g/mol. The number of rotatable bonds is 3. The summed E-state index contributed by atoms with van der Waals surface area (Å²) in [6.07, 6.45) is 5.70. The molecule has 5 nitrogen and oxygen atoms in total. The van der Waals surface area contributed by atoms with Crippen LogP contribution in [0.5, 0.6) is 0 Å². The van der Waals surface area contributed by atoms with Gasteiger partial charge in [-0.25, -0.2) is 9.97 Å². The first-order chi connectivity index (χ1) is 11.0. The molecule has 0 fully saturated rings. The summed E-state index contributed by atoms with van der Waals surface area (Å²) in [5, 5.41) is 5.18. The fourth-order valence-electron chi connectivity index (χ4n) is 2.45. The molecule has 0 atom stereocenters. The van der Waals surface area contributed by atoms with E-state index < -0.39 is 0 Å². The highest BCUT2D eigenvalue weighted by atomic mass is 35.5. The molecule has 0 radical (unpaired) electrons. The third-order valence-electron chi connectivity index (χ3n) is 3.43. The molecule has 0 saturated carbocycles. The molecular weight excluding hydrogens is 332 g/mol. The zero-order valence-corrected chi connectivity index (χ0v) is 14.5. The number of aryl methyl sites for hydroxylation is 1. The molecule has 0 saturated heterocycles. The maximum absolute atomic E-state index is 11.2. The first kappa shape index (κ1) is 15.8. The summed E-state index contributed by atoms with van der Waals surface area (Å²) >= 11 is 7.75. The Morgan fingerprint density at radius 1 is 1.35 bits per heavy atom. The van der Waals surface area contributed by atoms with Gasteiger partial charge in [0.05, 0.1) is 22.4 Å². The van der Waals surface area contributed by atoms with Crippen molar-refractivity contribution < 1.29 is 4.79 Å². The first-order valence-corrected chi connectivity index (χ1v) is 8.53. The van der Waals surface area contributed by atoms with Crippen molar-refractivity contribution in [1.82, 2.24) is 14.5 Å². The van der Waals surface area contributed by atoms with E-state index in [4.69, 9.17) is 11.6 Å². The van der Waals surface area contributed by atoms with Crippen LogP contribution in [0.25, 0.3) is 22.2 Å². The molecular formula is C16H15ClN4OS. The van der Waals surface area contributed by atoms with E-state index >= 15 is 0 Å². The third kappa shape index (κ3) is 3.18. The Labute approximate surface area is 143 Å². The highest BCUT2D eigenvalue weighted by molar-refractivity contribution is 7.98. The summed E-state index contributed by atoms with van der Waals surface area (Å²) in [6, 6.07) is 5.53. The number of amides is 1. The smallest absolute Gasteiger partial charge is 0.222 e. The summed E-state index contributed by atoms with van der Waals surface area (Å²) in [7, 11) is 1.95. The minimum atomic E-state index is -0.153. The number of nitrogens with one attached hydrogen (secondary N) is 1. The Hall–Kier alpha value is -2.05. The van der Waals surface area contributed by atoms with E-state index in [-0.39, 0.29) is 5.91 Å². The van der Waals surface area contributed by atoms with Crippen molar-refractivity contribution in [2.45, 2.75) is 11.9 Å². The van der Waals surface area contributed by atoms with Crippen molar-refractivity contribution in [3.05, 3.63) is 35.6 Å². The Morgan fingerprint density at radius 2 is 2.13 bits per heavy atom. The lowest BCUT2D eigenvalue weighted by molar-refractivity contribution is -0.114. The van der Waals surface area contributed by atoms with Crippen LogP contribution in [0.1, 0.15) is 6.92 Å². The Kier molecular flexibility index (Phi) is 4.28. The molecule has 3 rings (SSSR count). The van der Waals surface area contributed by atoms with Crippen LogP contribution in [0.3, 0.4) is 0 Å². The Bertz CT molecular complexity index is 906. The molecule has 0 aliphatic heterocycles.